The third-order valence-electron chi connectivity index (χ3n) is 5.81. The minimum atomic E-state index is -0.893. The molecule has 9 heteroatoms. The molecule has 2 aliphatic rings. The number of hydrogen-bond donors (Lipinski definition) is 1. The average Bonchev–Trinajstić information content (AvgIpc) is 2.74. The SMILES string of the molecule is CN1C(=O)c2c(O)c(=O)c(C(=O)CCc3cccc(Cl)c3F)cn2N2CCCC[C@@H]12. The second kappa shape index (κ2) is 7.75. The summed E-state index contributed by atoms with van der Waals surface area (Å²) in [7, 11) is 1.64. The normalized spacial score (nSPS) is 18.2. The lowest BCUT2D eigenvalue weighted by Crippen LogP contribution is -2.61. The van der Waals surface area contributed by atoms with E-state index in [2.05, 4.69) is 0 Å². The molecule has 7 nitrogen and oxygen atoms in total. The van der Waals surface area contributed by atoms with Gasteiger partial charge < -0.3 is 10.0 Å². The highest BCUT2D eigenvalue weighted by atomic mass is 35.5. The lowest BCUT2D eigenvalue weighted by Gasteiger charge is -2.47. The number of aryl methyl sites for hydroxylation is 1. The zero-order valence-corrected chi connectivity index (χ0v) is 17.2. The number of carbonyl (C=O) groups is 2. The number of carbonyl (C=O) groups excluding carboxylic acids is 2. The van der Waals surface area contributed by atoms with Gasteiger partial charge in [0.05, 0.1) is 10.6 Å². The van der Waals surface area contributed by atoms with E-state index in [1.165, 1.54) is 27.9 Å². The van der Waals surface area contributed by atoms with E-state index in [-0.39, 0.29) is 40.9 Å². The molecule has 1 fully saturated rings. The molecule has 1 N–H and O–H groups in total. The molecule has 0 spiro atoms. The van der Waals surface area contributed by atoms with Crippen molar-refractivity contribution in [2.24, 2.45) is 0 Å². The molecule has 1 aromatic heterocycles. The summed E-state index contributed by atoms with van der Waals surface area (Å²) in [4.78, 5) is 39.7. The molecule has 1 aromatic carbocycles. The fourth-order valence-electron chi connectivity index (χ4n) is 4.16. The largest absolute Gasteiger partial charge is 0.502 e. The van der Waals surface area contributed by atoms with Crippen molar-refractivity contribution >= 4 is 23.3 Å². The number of hydrogen-bond acceptors (Lipinski definition) is 5. The Morgan fingerprint density at radius 2 is 2.07 bits per heavy atom. The van der Waals surface area contributed by atoms with Gasteiger partial charge >= 0.3 is 0 Å². The van der Waals surface area contributed by atoms with Gasteiger partial charge in [-0.3, -0.25) is 24.1 Å². The van der Waals surface area contributed by atoms with E-state index in [0.29, 0.717) is 6.54 Å². The highest BCUT2D eigenvalue weighted by Gasteiger charge is 2.39. The van der Waals surface area contributed by atoms with Crippen LogP contribution in [-0.2, 0) is 6.42 Å². The third kappa shape index (κ3) is 3.25. The Hall–Kier alpha value is -2.87. The minimum Gasteiger partial charge on any atom is -0.502 e. The van der Waals surface area contributed by atoms with Gasteiger partial charge in [0.15, 0.2) is 17.2 Å². The van der Waals surface area contributed by atoms with Crippen LogP contribution in [0.5, 0.6) is 5.75 Å². The molecule has 158 valence electrons. The Bertz CT molecular complexity index is 1100. The van der Waals surface area contributed by atoms with Crippen LogP contribution in [0.4, 0.5) is 4.39 Å². The van der Waals surface area contributed by atoms with Crippen molar-refractivity contribution in [3.8, 4) is 5.75 Å². The molecular weight excluding hydrogens is 413 g/mol. The number of benzene rings is 1. The topological polar surface area (TPSA) is 82.9 Å². The third-order valence-corrected chi connectivity index (χ3v) is 6.10. The van der Waals surface area contributed by atoms with Crippen LogP contribution >= 0.6 is 11.6 Å². The first-order chi connectivity index (χ1) is 14.3. The van der Waals surface area contributed by atoms with Crippen LogP contribution in [0.1, 0.15) is 52.1 Å². The summed E-state index contributed by atoms with van der Waals surface area (Å²) < 4.78 is 15.5. The van der Waals surface area contributed by atoms with Crippen LogP contribution in [0.15, 0.2) is 29.2 Å². The van der Waals surface area contributed by atoms with E-state index in [9.17, 15) is 23.9 Å². The van der Waals surface area contributed by atoms with Crippen molar-refractivity contribution in [1.29, 1.82) is 0 Å². The van der Waals surface area contributed by atoms with Crippen molar-refractivity contribution in [3.05, 3.63) is 62.3 Å². The lowest BCUT2D eigenvalue weighted by atomic mass is 10.0. The van der Waals surface area contributed by atoms with E-state index >= 15 is 0 Å². The van der Waals surface area contributed by atoms with Gasteiger partial charge in [0, 0.05) is 26.2 Å². The monoisotopic (exact) mass is 433 g/mol. The van der Waals surface area contributed by atoms with Gasteiger partial charge in [-0.1, -0.05) is 23.7 Å². The molecule has 1 atom stereocenters. The van der Waals surface area contributed by atoms with Gasteiger partial charge in [-0.2, -0.15) is 0 Å². The molecule has 3 heterocycles. The Labute approximate surface area is 177 Å². The van der Waals surface area contributed by atoms with Crippen LogP contribution in [0, 0.1) is 5.82 Å². The number of nitrogens with zero attached hydrogens (tertiary/aromatic N) is 3. The fraction of sp³-hybridized carbons (Fsp3) is 0.381. The summed E-state index contributed by atoms with van der Waals surface area (Å²) in [5.41, 5.74) is -0.987. The number of rotatable bonds is 4. The average molecular weight is 434 g/mol. The van der Waals surface area contributed by atoms with E-state index < -0.39 is 28.7 Å². The second-order valence-electron chi connectivity index (χ2n) is 7.61. The molecule has 2 aliphatic heterocycles. The molecule has 0 radical (unpaired) electrons. The van der Waals surface area contributed by atoms with Gasteiger partial charge in [0.1, 0.15) is 12.0 Å². The van der Waals surface area contributed by atoms with Crippen LogP contribution in [-0.4, -0.2) is 46.1 Å². The minimum absolute atomic E-state index is 0.0368. The number of aromatic hydroxyl groups is 1. The van der Waals surface area contributed by atoms with E-state index in [0.717, 1.165) is 19.3 Å². The molecule has 30 heavy (non-hydrogen) atoms. The maximum absolute atomic E-state index is 14.1. The van der Waals surface area contributed by atoms with E-state index in [1.54, 1.807) is 13.1 Å². The van der Waals surface area contributed by atoms with Gasteiger partial charge in [0.25, 0.3) is 5.91 Å². The maximum Gasteiger partial charge on any atom is 0.277 e. The highest BCUT2D eigenvalue weighted by molar-refractivity contribution is 6.30. The molecule has 0 aliphatic carbocycles. The van der Waals surface area contributed by atoms with Crippen molar-refractivity contribution < 1.29 is 19.1 Å². The molecule has 0 bridgehead atoms. The van der Waals surface area contributed by atoms with E-state index in [1.807, 2.05) is 5.01 Å². The Kier molecular flexibility index (Phi) is 5.27. The number of aromatic nitrogens is 1. The van der Waals surface area contributed by atoms with Crippen molar-refractivity contribution in [1.82, 2.24) is 9.58 Å². The Morgan fingerprint density at radius 1 is 1.30 bits per heavy atom. The van der Waals surface area contributed by atoms with Crippen LogP contribution in [0.3, 0.4) is 0 Å². The van der Waals surface area contributed by atoms with Crippen LogP contribution in [0.2, 0.25) is 5.02 Å². The molecule has 2 aromatic rings. The summed E-state index contributed by atoms with van der Waals surface area (Å²) in [5, 5.41) is 12.3. The lowest BCUT2D eigenvalue weighted by molar-refractivity contribution is 0.0591. The summed E-state index contributed by atoms with van der Waals surface area (Å²) >= 11 is 5.77. The first kappa shape index (κ1) is 20.4. The smallest absolute Gasteiger partial charge is 0.277 e. The molecule has 1 saturated heterocycles. The zero-order valence-electron chi connectivity index (χ0n) is 16.4. The van der Waals surface area contributed by atoms with Crippen molar-refractivity contribution in [2.45, 2.75) is 38.3 Å². The molecule has 4 rings (SSSR count). The predicted octanol–water partition coefficient (Wildman–Crippen LogP) is 2.70. The Morgan fingerprint density at radius 3 is 2.83 bits per heavy atom. The number of amides is 1. The summed E-state index contributed by atoms with van der Waals surface area (Å²) in [6.07, 6.45) is 3.65. The van der Waals surface area contributed by atoms with Crippen molar-refractivity contribution in [3.63, 3.8) is 0 Å². The number of Topliss-reactive ketones (excluding diaryl/α,β-unsaturated/α-hetero) is 1. The van der Waals surface area contributed by atoms with Gasteiger partial charge in [-0.15, -0.1) is 0 Å². The Balaban J connectivity index is 1.69. The summed E-state index contributed by atoms with van der Waals surface area (Å²) in [6, 6.07) is 4.53. The van der Waals surface area contributed by atoms with E-state index in [4.69, 9.17) is 11.6 Å². The van der Waals surface area contributed by atoms with Gasteiger partial charge in [-0.05, 0) is 37.3 Å². The van der Waals surface area contributed by atoms with Gasteiger partial charge in [0.2, 0.25) is 5.43 Å². The fourth-order valence-corrected chi connectivity index (χ4v) is 4.35. The number of ketones is 1. The predicted molar refractivity (Wildman–Crippen MR) is 109 cm³/mol. The summed E-state index contributed by atoms with van der Waals surface area (Å²) in [5.74, 6) is -2.34. The maximum atomic E-state index is 14.1. The molecular formula is C21H21ClFN3O4. The molecule has 0 saturated carbocycles. The summed E-state index contributed by atoms with van der Waals surface area (Å²) in [6.45, 7) is 0.624. The zero-order chi connectivity index (χ0) is 21.6. The van der Waals surface area contributed by atoms with Gasteiger partial charge in [-0.25, -0.2) is 4.39 Å². The number of halogens is 2. The quantitative estimate of drug-likeness (QED) is 0.749. The first-order valence-corrected chi connectivity index (χ1v) is 10.2. The molecule has 0 unspecified atom stereocenters. The highest BCUT2D eigenvalue weighted by Crippen LogP contribution is 2.29. The number of fused-ring (bicyclic) bond motifs is 3. The number of piperidine rings is 1. The number of pyridine rings is 1. The first-order valence-electron chi connectivity index (χ1n) is 9.80. The van der Waals surface area contributed by atoms with Crippen molar-refractivity contribution in [2.75, 3.05) is 18.6 Å². The molecule has 1 amide bonds. The standard InChI is InChI=1S/C21H21ClFN3O4/c1-24-16-7-2-3-10-25(16)26-11-13(19(28)20(29)18(26)21(24)30)15(27)9-8-12-5-4-6-14(22)17(12)23/h4-6,11,16,29H,2-3,7-10H2,1H3/t16-/m0/s1. The second-order valence-corrected chi connectivity index (χ2v) is 8.01. The van der Waals surface area contributed by atoms with Crippen LogP contribution < -0.4 is 10.4 Å². The van der Waals surface area contributed by atoms with Crippen LogP contribution in [0.25, 0.3) is 0 Å².